The lowest BCUT2D eigenvalue weighted by Crippen LogP contribution is -2.40. The fraction of sp³-hybridized carbons (Fsp3) is 0.429. The third-order valence-electron chi connectivity index (χ3n) is 5.21. The Bertz CT molecular complexity index is 1030. The van der Waals surface area contributed by atoms with E-state index in [1.165, 1.54) is 6.21 Å². The summed E-state index contributed by atoms with van der Waals surface area (Å²) in [7, 11) is 3.27. The third kappa shape index (κ3) is 4.61. The van der Waals surface area contributed by atoms with Crippen LogP contribution in [0.25, 0.3) is 12.2 Å². The van der Waals surface area contributed by atoms with Gasteiger partial charge < -0.3 is 19.7 Å². The number of anilines is 1. The van der Waals surface area contributed by atoms with Crippen molar-refractivity contribution in [1.29, 1.82) is 0 Å². The molecular formula is C21H26N6O3. The summed E-state index contributed by atoms with van der Waals surface area (Å²) in [5.41, 5.74) is 3.96. The fourth-order valence-electron chi connectivity index (χ4n) is 3.41. The zero-order valence-electron chi connectivity index (χ0n) is 17.2. The molecule has 0 atom stereocenters. The number of methoxy groups -OCH3 is 2. The SMILES string of the molecule is COC1=C(OC)CC=c2ncnc(N3CC=C(N/N=C/C(=O)NC4CC4)CC3)c2=C1. The first kappa shape index (κ1) is 19.9. The molecule has 0 unspecified atom stereocenters. The molecule has 0 radical (unpaired) electrons. The molecule has 4 rings (SSSR count). The van der Waals surface area contributed by atoms with Crippen LogP contribution in [0.4, 0.5) is 5.82 Å². The first-order valence-corrected chi connectivity index (χ1v) is 10.1. The zero-order valence-corrected chi connectivity index (χ0v) is 17.2. The number of carbonyl (C=O) groups is 1. The minimum absolute atomic E-state index is 0.157. The van der Waals surface area contributed by atoms with E-state index >= 15 is 0 Å². The molecular weight excluding hydrogens is 384 g/mol. The number of carbonyl (C=O) groups excluding carboxylic acids is 1. The van der Waals surface area contributed by atoms with Crippen LogP contribution in [0.2, 0.25) is 0 Å². The molecule has 2 N–H and O–H groups in total. The van der Waals surface area contributed by atoms with Crippen molar-refractivity contribution in [3.8, 4) is 0 Å². The van der Waals surface area contributed by atoms with Crippen molar-refractivity contribution in [2.45, 2.75) is 31.7 Å². The molecule has 3 aliphatic rings. The number of hydrazone groups is 1. The first-order chi connectivity index (χ1) is 14.7. The lowest BCUT2D eigenvalue weighted by atomic mass is 10.2. The minimum atomic E-state index is -0.157. The molecule has 9 nitrogen and oxygen atoms in total. The van der Waals surface area contributed by atoms with Crippen LogP contribution in [-0.4, -0.2) is 55.4 Å². The molecule has 2 aliphatic carbocycles. The summed E-state index contributed by atoms with van der Waals surface area (Å²) in [5.74, 6) is 2.13. The Morgan fingerprint density at radius 1 is 1.27 bits per heavy atom. The summed E-state index contributed by atoms with van der Waals surface area (Å²) in [4.78, 5) is 22.8. The maximum Gasteiger partial charge on any atom is 0.264 e. The van der Waals surface area contributed by atoms with Crippen molar-refractivity contribution in [1.82, 2.24) is 20.7 Å². The van der Waals surface area contributed by atoms with E-state index < -0.39 is 0 Å². The van der Waals surface area contributed by atoms with Crippen LogP contribution in [0.15, 0.2) is 34.7 Å². The Balaban J connectivity index is 1.48. The van der Waals surface area contributed by atoms with Crippen LogP contribution in [-0.2, 0) is 14.3 Å². The van der Waals surface area contributed by atoms with E-state index in [2.05, 4.69) is 36.8 Å². The lowest BCUT2D eigenvalue weighted by Gasteiger charge is -2.27. The second-order valence-corrected chi connectivity index (χ2v) is 7.32. The number of nitrogens with zero attached hydrogens (tertiary/aromatic N) is 4. The van der Waals surface area contributed by atoms with E-state index in [-0.39, 0.29) is 5.91 Å². The Morgan fingerprint density at radius 3 is 2.83 bits per heavy atom. The molecule has 1 aromatic rings. The van der Waals surface area contributed by atoms with Crippen LogP contribution in [0, 0.1) is 0 Å². The van der Waals surface area contributed by atoms with Gasteiger partial charge in [-0.15, -0.1) is 0 Å². The lowest BCUT2D eigenvalue weighted by molar-refractivity contribution is -0.114. The van der Waals surface area contributed by atoms with Gasteiger partial charge in [0.25, 0.3) is 5.91 Å². The number of allylic oxidation sites excluding steroid dienone is 2. The van der Waals surface area contributed by atoms with Crippen molar-refractivity contribution >= 4 is 30.1 Å². The van der Waals surface area contributed by atoms with Gasteiger partial charge in [0, 0.05) is 42.9 Å². The molecule has 158 valence electrons. The van der Waals surface area contributed by atoms with Crippen molar-refractivity contribution in [3.63, 3.8) is 0 Å². The average Bonchev–Trinajstić information content (AvgIpc) is 3.59. The third-order valence-corrected chi connectivity index (χ3v) is 5.21. The number of aromatic nitrogens is 2. The van der Waals surface area contributed by atoms with E-state index in [0.29, 0.717) is 24.8 Å². The highest BCUT2D eigenvalue weighted by Crippen LogP contribution is 2.18. The quantitative estimate of drug-likeness (QED) is 0.478. The van der Waals surface area contributed by atoms with Crippen LogP contribution < -0.4 is 26.2 Å². The van der Waals surface area contributed by atoms with Crippen LogP contribution in [0.1, 0.15) is 25.7 Å². The number of hydrogen-bond acceptors (Lipinski definition) is 8. The van der Waals surface area contributed by atoms with Gasteiger partial charge in [0.2, 0.25) is 0 Å². The molecule has 1 amide bonds. The second kappa shape index (κ2) is 8.98. The van der Waals surface area contributed by atoms with Gasteiger partial charge in [-0.25, -0.2) is 9.97 Å². The predicted molar refractivity (Wildman–Crippen MR) is 114 cm³/mol. The summed E-state index contributed by atoms with van der Waals surface area (Å²) in [6, 6.07) is 0.330. The number of amides is 1. The summed E-state index contributed by atoms with van der Waals surface area (Å²) in [6.45, 7) is 1.44. The summed E-state index contributed by atoms with van der Waals surface area (Å²) in [6.07, 6.45) is 12.4. The number of nitrogens with one attached hydrogen (secondary N) is 2. The summed E-state index contributed by atoms with van der Waals surface area (Å²) < 4.78 is 11.0. The number of rotatable bonds is 7. The van der Waals surface area contributed by atoms with Gasteiger partial charge in [0.15, 0.2) is 5.76 Å². The molecule has 2 heterocycles. The fourth-order valence-corrected chi connectivity index (χ4v) is 3.41. The highest BCUT2D eigenvalue weighted by Gasteiger charge is 2.22. The van der Waals surface area contributed by atoms with Crippen molar-refractivity contribution in [3.05, 3.63) is 40.2 Å². The van der Waals surface area contributed by atoms with Crippen molar-refractivity contribution in [2.24, 2.45) is 5.10 Å². The van der Waals surface area contributed by atoms with Crippen molar-refractivity contribution < 1.29 is 14.3 Å². The Morgan fingerprint density at radius 2 is 2.13 bits per heavy atom. The molecule has 1 aliphatic heterocycles. The molecule has 1 saturated carbocycles. The maximum atomic E-state index is 11.7. The van der Waals surface area contributed by atoms with Gasteiger partial charge in [0.1, 0.15) is 24.1 Å². The minimum Gasteiger partial charge on any atom is -0.497 e. The molecule has 0 saturated heterocycles. The molecule has 1 fully saturated rings. The highest BCUT2D eigenvalue weighted by atomic mass is 16.5. The van der Waals surface area contributed by atoms with Crippen LogP contribution in [0.5, 0.6) is 0 Å². The van der Waals surface area contributed by atoms with E-state index in [1.807, 2.05) is 12.2 Å². The Hall–Kier alpha value is -3.36. The number of fused-ring (bicyclic) bond motifs is 1. The summed E-state index contributed by atoms with van der Waals surface area (Å²) in [5, 5.41) is 8.70. The van der Waals surface area contributed by atoms with Gasteiger partial charge in [0.05, 0.1) is 19.6 Å². The average molecular weight is 410 g/mol. The maximum absolute atomic E-state index is 11.7. The van der Waals surface area contributed by atoms with E-state index in [9.17, 15) is 4.79 Å². The van der Waals surface area contributed by atoms with Crippen LogP contribution in [0.3, 0.4) is 0 Å². The monoisotopic (exact) mass is 410 g/mol. The molecule has 9 heteroatoms. The van der Waals surface area contributed by atoms with Gasteiger partial charge >= 0.3 is 0 Å². The van der Waals surface area contributed by atoms with E-state index in [4.69, 9.17) is 9.47 Å². The second-order valence-electron chi connectivity index (χ2n) is 7.32. The topological polar surface area (TPSA) is 101 Å². The Labute approximate surface area is 174 Å². The van der Waals surface area contributed by atoms with Crippen LogP contribution >= 0.6 is 0 Å². The zero-order chi connectivity index (χ0) is 20.9. The van der Waals surface area contributed by atoms with Gasteiger partial charge in [-0.1, -0.05) is 6.08 Å². The van der Waals surface area contributed by atoms with E-state index in [0.717, 1.165) is 53.6 Å². The number of ether oxygens (including phenoxy) is 2. The van der Waals surface area contributed by atoms with Gasteiger partial charge in [-0.2, -0.15) is 5.10 Å². The smallest absolute Gasteiger partial charge is 0.264 e. The molecule has 0 aromatic carbocycles. The van der Waals surface area contributed by atoms with Gasteiger partial charge in [-0.3, -0.25) is 10.2 Å². The predicted octanol–water partition coefficient (Wildman–Crippen LogP) is -0.106. The molecule has 1 aromatic heterocycles. The number of hydrogen-bond donors (Lipinski definition) is 2. The molecule has 0 spiro atoms. The molecule has 30 heavy (non-hydrogen) atoms. The molecule has 0 bridgehead atoms. The standard InChI is InChI=1S/C21H26N6O3/c1-29-18-6-5-17-16(11-19(18)30-2)21(23-13-22-17)27-9-7-15(8-10-27)26-24-12-20(28)25-14-3-4-14/h5,7,11-14,26H,3-4,6,8-10H2,1-2H3,(H,25,28)/b24-12+. The van der Waals surface area contributed by atoms with Gasteiger partial charge in [-0.05, 0) is 25.0 Å². The first-order valence-electron chi connectivity index (χ1n) is 10.1. The normalized spacial score (nSPS) is 18.6. The Kier molecular flexibility index (Phi) is 5.97. The highest BCUT2D eigenvalue weighted by molar-refractivity contribution is 6.26. The van der Waals surface area contributed by atoms with E-state index in [1.54, 1.807) is 20.5 Å². The van der Waals surface area contributed by atoms with Crippen molar-refractivity contribution in [2.75, 3.05) is 32.2 Å². The summed E-state index contributed by atoms with van der Waals surface area (Å²) >= 11 is 0. The largest absolute Gasteiger partial charge is 0.497 e.